The van der Waals surface area contributed by atoms with Crippen molar-refractivity contribution in [1.29, 1.82) is 0 Å². The van der Waals surface area contributed by atoms with Gasteiger partial charge in [-0.2, -0.15) is 11.8 Å². The van der Waals surface area contributed by atoms with Crippen LogP contribution in [0.2, 0.25) is 0 Å². The van der Waals surface area contributed by atoms with Crippen molar-refractivity contribution in [3.05, 3.63) is 24.0 Å². The lowest BCUT2D eigenvalue weighted by molar-refractivity contribution is 0.291. The van der Waals surface area contributed by atoms with Crippen molar-refractivity contribution in [3.63, 3.8) is 0 Å². The number of thioether (sulfide) groups is 1. The van der Waals surface area contributed by atoms with Gasteiger partial charge in [0, 0.05) is 31.1 Å². The van der Waals surface area contributed by atoms with Crippen molar-refractivity contribution in [3.8, 4) is 0 Å². The Morgan fingerprint density at radius 2 is 2.14 bits per heavy atom. The Balaban J connectivity index is 1.92. The van der Waals surface area contributed by atoms with Crippen LogP contribution in [0.5, 0.6) is 0 Å². The Labute approximate surface area is 88.7 Å². The first kappa shape index (κ1) is 9.80. The normalized spacial score (nSPS) is 18.3. The SMILES string of the molecule is Nc1ccc(CN2CCSCC2)nc1. The molecule has 0 spiro atoms. The highest BCUT2D eigenvalue weighted by Gasteiger charge is 2.10. The van der Waals surface area contributed by atoms with Crippen LogP contribution >= 0.6 is 11.8 Å². The van der Waals surface area contributed by atoms with Crippen molar-refractivity contribution < 1.29 is 0 Å². The molecule has 0 bridgehead atoms. The van der Waals surface area contributed by atoms with E-state index in [0.717, 1.165) is 17.9 Å². The molecule has 0 aliphatic carbocycles. The number of rotatable bonds is 2. The molecule has 1 aliphatic rings. The predicted molar refractivity (Wildman–Crippen MR) is 61.3 cm³/mol. The zero-order valence-corrected chi connectivity index (χ0v) is 8.96. The van der Waals surface area contributed by atoms with E-state index in [4.69, 9.17) is 5.73 Å². The molecule has 1 saturated heterocycles. The van der Waals surface area contributed by atoms with Crippen LogP contribution in [-0.2, 0) is 6.54 Å². The fourth-order valence-corrected chi connectivity index (χ4v) is 2.50. The molecule has 0 saturated carbocycles. The van der Waals surface area contributed by atoms with Gasteiger partial charge in [0.25, 0.3) is 0 Å². The van der Waals surface area contributed by atoms with Gasteiger partial charge < -0.3 is 5.73 Å². The van der Waals surface area contributed by atoms with Crippen molar-refractivity contribution in [2.24, 2.45) is 0 Å². The summed E-state index contributed by atoms with van der Waals surface area (Å²) in [6.45, 7) is 3.31. The van der Waals surface area contributed by atoms with Crippen molar-refractivity contribution in [2.45, 2.75) is 6.54 Å². The van der Waals surface area contributed by atoms with Crippen molar-refractivity contribution in [2.75, 3.05) is 30.3 Å². The molecule has 1 aromatic rings. The van der Waals surface area contributed by atoms with E-state index in [1.807, 2.05) is 23.9 Å². The molecule has 1 aromatic heterocycles. The first-order valence-electron chi connectivity index (χ1n) is 4.85. The Bertz CT molecular complexity index is 280. The van der Waals surface area contributed by atoms with Gasteiger partial charge in [0.2, 0.25) is 0 Å². The van der Waals surface area contributed by atoms with E-state index in [0.29, 0.717) is 0 Å². The molecule has 2 N–H and O–H groups in total. The second kappa shape index (κ2) is 4.66. The van der Waals surface area contributed by atoms with E-state index in [9.17, 15) is 0 Å². The topological polar surface area (TPSA) is 42.1 Å². The lowest BCUT2D eigenvalue weighted by atomic mass is 10.3. The highest BCUT2D eigenvalue weighted by atomic mass is 32.2. The van der Waals surface area contributed by atoms with Crippen LogP contribution in [0.4, 0.5) is 5.69 Å². The van der Waals surface area contributed by atoms with Gasteiger partial charge in [0.1, 0.15) is 0 Å². The summed E-state index contributed by atoms with van der Waals surface area (Å²) in [4.78, 5) is 6.74. The Hall–Kier alpha value is -0.740. The molecule has 0 radical (unpaired) electrons. The molecule has 76 valence electrons. The van der Waals surface area contributed by atoms with E-state index >= 15 is 0 Å². The predicted octanol–water partition coefficient (Wildman–Crippen LogP) is 1.21. The van der Waals surface area contributed by atoms with E-state index in [2.05, 4.69) is 9.88 Å². The van der Waals surface area contributed by atoms with Gasteiger partial charge in [0.05, 0.1) is 17.6 Å². The quantitative estimate of drug-likeness (QED) is 0.795. The molecule has 0 atom stereocenters. The summed E-state index contributed by atoms with van der Waals surface area (Å²) in [6, 6.07) is 3.93. The number of nitrogens with two attached hydrogens (primary N) is 1. The van der Waals surface area contributed by atoms with Crippen LogP contribution in [0, 0.1) is 0 Å². The maximum Gasteiger partial charge on any atom is 0.0545 e. The lowest BCUT2D eigenvalue weighted by Crippen LogP contribution is -2.32. The monoisotopic (exact) mass is 209 g/mol. The van der Waals surface area contributed by atoms with E-state index < -0.39 is 0 Å². The van der Waals surface area contributed by atoms with E-state index in [1.54, 1.807) is 6.20 Å². The van der Waals surface area contributed by atoms with Crippen LogP contribution in [-0.4, -0.2) is 34.5 Å². The molecular formula is C10H15N3S. The molecule has 1 fully saturated rings. The molecule has 1 aliphatic heterocycles. The van der Waals surface area contributed by atoms with Crippen LogP contribution in [0.25, 0.3) is 0 Å². The summed E-state index contributed by atoms with van der Waals surface area (Å²) in [5.41, 5.74) is 7.44. The van der Waals surface area contributed by atoms with E-state index in [1.165, 1.54) is 24.6 Å². The number of hydrogen-bond acceptors (Lipinski definition) is 4. The maximum atomic E-state index is 5.58. The minimum absolute atomic E-state index is 0.739. The average Bonchev–Trinajstić information content (AvgIpc) is 2.23. The van der Waals surface area contributed by atoms with Gasteiger partial charge in [0.15, 0.2) is 0 Å². The summed E-state index contributed by atoms with van der Waals surface area (Å²) in [5.74, 6) is 2.49. The van der Waals surface area contributed by atoms with Gasteiger partial charge in [-0.3, -0.25) is 9.88 Å². The summed E-state index contributed by atoms with van der Waals surface area (Å²) in [6.07, 6.45) is 1.73. The molecule has 0 unspecified atom stereocenters. The molecule has 2 heterocycles. The van der Waals surface area contributed by atoms with Crippen LogP contribution in [0.1, 0.15) is 5.69 Å². The molecule has 3 nitrogen and oxygen atoms in total. The Morgan fingerprint density at radius 3 is 2.79 bits per heavy atom. The largest absolute Gasteiger partial charge is 0.397 e. The summed E-state index contributed by atoms with van der Waals surface area (Å²) in [7, 11) is 0. The average molecular weight is 209 g/mol. The fourth-order valence-electron chi connectivity index (χ4n) is 1.52. The summed E-state index contributed by atoms with van der Waals surface area (Å²) < 4.78 is 0. The third kappa shape index (κ3) is 2.62. The highest BCUT2D eigenvalue weighted by Crippen LogP contribution is 2.12. The van der Waals surface area contributed by atoms with Gasteiger partial charge in [-0.25, -0.2) is 0 Å². The van der Waals surface area contributed by atoms with Crippen LogP contribution in [0.15, 0.2) is 18.3 Å². The summed E-state index contributed by atoms with van der Waals surface area (Å²) in [5, 5.41) is 0. The Kier molecular flexibility index (Phi) is 3.26. The van der Waals surface area contributed by atoms with Gasteiger partial charge in [-0.05, 0) is 12.1 Å². The fraction of sp³-hybridized carbons (Fsp3) is 0.500. The second-order valence-electron chi connectivity index (χ2n) is 3.47. The third-order valence-electron chi connectivity index (χ3n) is 2.34. The first-order chi connectivity index (χ1) is 6.84. The minimum atomic E-state index is 0.739. The number of hydrogen-bond donors (Lipinski definition) is 1. The van der Waals surface area contributed by atoms with Crippen molar-refractivity contribution in [1.82, 2.24) is 9.88 Å². The van der Waals surface area contributed by atoms with Crippen LogP contribution in [0.3, 0.4) is 0 Å². The molecule has 4 heteroatoms. The molecular weight excluding hydrogens is 194 g/mol. The first-order valence-corrected chi connectivity index (χ1v) is 6.00. The third-order valence-corrected chi connectivity index (χ3v) is 3.28. The molecule has 0 amide bonds. The van der Waals surface area contributed by atoms with Gasteiger partial charge in [-0.1, -0.05) is 0 Å². The molecule has 2 rings (SSSR count). The number of nitrogens with zero attached hydrogens (tertiary/aromatic N) is 2. The number of anilines is 1. The zero-order valence-electron chi connectivity index (χ0n) is 8.15. The van der Waals surface area contributed by atoms with E-state index in [-0.39, 0.29) is 0 Å². The smallest absolute Gasteiger partial charge is 0.0545 e. The molecule has 0 aromatic carbocycles. The number of nitrogen functional groups attached to an aromatic ring is 1. The van der Waals surface area contributed by atoms with Crippen LogP contribution < -0.4 is 5.73 Å². The standard InChI is InChI=1S/C10H15N3S/c11-9-1-2-10(12-7-9)8-13-3-5-14-6-4-13/h1-2,7H,3-6,8,11H2. The maximum absolute atomic E-state index is 5.58. The minimum Gasteiger partial charge on any atom is -0.397 e. The van der Waals surface area contributed by atoms with Gasteiger partial charge >= 0.3 is 0 Å². The second-order valence-corrected chi connectivity index (χ2v) is 4.70. The Morgan fingerprint density at radius 1 is 1.36 bits per heavy atom. The zero-order chi connectivity index (χ0) is 9.80. The highest BCUT2D eigenvalue weighted by molar-refractivity contribution is 7.99. The molecule has 14 heavy (non-hydrogen) atoms. The van der Waals surface area contributed by atoms with Crippen molar-refractivity contribution >= 4 is 17.4 Å². The lowest BCUT2D eigenvalue weighted by Gasteiger charge is -2.25. The number of aromatic nitrogens is 1. The summed E-state index contributed by atoms with van der Waals surface area (Å²) >= 11 is 2.03. The number of pyridine rings is 1. The van der Waals surface area contributed by atoms with Gasteiger partial charge in [-0.15, -0.1) is 0 Å².